The van der Waals surface area contributed by atoms with Gasteiger partial charge in [0.05, 0.1) is 0 Å². The first-order chi connectivity index (χ1) is 10.6. The Labute approximate surface area is 136 Å². The number of nitrogens with zero attached hydrogens (tertiary/aromatic N) is 2. The van der Waals surface area contributed by atoms with E-state index in [0.29, 0.717) is 12.0 Å². The highest BCUT2D eigenvalue weighted by Gasteiger charge is 2.18. The van der Waals surface area contributed by atoms with Gasteiger partial charge in [-0.3, -0.25) is 9.69 Å². The molecule has 0 unspecified atom stereocenters. The molecule has 1 aliphatic rings. The van der Waals surface area contributed by atoms with Crippen molar-refractivity contribution in [1.82, 2.24) is 15.1 Å². The normalized spacial score (nSPS) is 15.6. The molecule has 1 N–H and O–H groups in total. The summed E-state index contributed by atoms with van der Waals surface area (Å²) in [6, 6.07) is 5.76. The van der Waals surface area contributed by atoms with Crippen molar-refractivity contribution in [3.63, 3.8) is 0 Å². The summed E-state index contributed by atoms with van der Waals surface area (Å²) in [5.74, 6) is -0.232. The number of thiocarbonyl (C=S) groups is 1. The third kappa shape index (κ3) is 4.74. The van der Waals surface area contributed by atoms with E-state index in [-0.39, 0.29) is 11.6 Å². The number of Topliss-reactive ketones (excluding diaryl/α,β-unsaturated/α-hetero) is 1. The maximum absolute atomic E-state index is 12.8. The molecule has 0 aromatic heterocycles. The van der Waals surface area contributed by atoms with E-state index in [1.54, 1.807) is 12.1 Å². The highest BCUT2D eigenvalue weighted by Crippen LogP contribution is 2.09. The first kappa shape index (κ1) is 16.8. The van der Waals surface area contributed by atoms with Crippen LogP contribution < -0.4 is 5.32 Å². The van der Waals surface area contributed by atoms with Crippen molar-refractivity contribution in [3.05, 3.63) is 35.6 Å². The molecule has 1 fully saturated rings. The smallest absolute Gasteiger partial charge is 0.168 e. The van der Waals surface area contributed by atoms with Crippen LogP contribution in [0, 0.1) is 5.82 Å². The molecule has 1 heterocycles. The van der Waals surface area contributed by atoms with Crippen molar-refractivity contribution in [2.24, 2.45) is 0 Å². The van der Waals surface area contributed by atoms with E-state index < -0.39 is 0 Å². The summed E-state index contributed by atoms with van der Waals surface area (Å²) in [6.45, 7) is 4.68. The summed E-state index contributed by atoms with van der Waals surface area (Å²) < 4.78 is 12.8. The van der Waals surface area contributed by atoms with Crippen LogP contribution in [0.15, 0.2) is 24.3 Å². The topological polar surface area (TPSA) is 35.6 Å². The Morgan fingerprint density at radius 1 is 1.23 bits per heavy atom. The highest BCUT2D eigenvalue weighted by molar-refractivity contribution is 7.80. The molecule has 0 spiro atoms. The summed E-state index contributed by atoms with van der Waals surface area (Å²) in [7, 11) is 1.84. The number of benzene rings is 1. The first-order valence-electron chi connectivity index (χ1n) is 7.58. The average molecular weight is 323 g/mol. The van der Waals surface area contributed by atoms with E-state index in [9.17, 15) is 9.18 Å². The Bertz CT molecular complexity index is 513. The predicted octanol–water partition coefficient (Wildman–Crippen LogP) is 1.91. The van der Waals surface area contributed by atoms with E-state index in [1.165, 1.54) is 12.1 Å². The highest BCUT2D eigenvalue weighted by atomic mass is 32.1. The lowest BCUT2D eigenvalue weighted by atomic mass is 10.1. The molecule has 6 heteroatoms. The molecule has 1 aliphatic heterocycles. The third-order valence-corrected chi connectivity index (χ3v) is 4.38. The van der Waals surface area contributed by atoms with Crippen molar-refractivity contribution in [1.29, 1.82) is 0 Å². The molecule has 1 saturated heterocycles. The number of rotatable bonds is 5. The Balaban J connectivity index is 1.68. The molecule has 0 radical (unpaired) electrons. The molecule has 0 amide bonds. The fourth-order valence-corrected chi connectivity index (χ4v) is 2.76. The molecule has 0 saturated carbocycles. The van der Waals surface area contributed by atoms with Crippen LogP contribution in [0.4, 0.5) is 4.39 Å². The van der Waals surface area contributed by atoms with Gasteiger partial charge in [-0.2, -0.15) is 0 Å². The van der Waals surface area contributed by atoms with Gasteiger partial charge in [0.2, 0.25) is 0 Å². The van der Waals surface area contributed by atoms with Gasteiger partial charge in [0.1, 0.15) is 5.82 Å². The van der Waals surface area contributed by atoms with E-state index in [0.717, 1.165) is 44.3 Å². The zero-order valence-corrected chi connectivity index (χ0v) is 13.7. The van der Waals surface area contributed by atoms with Crippen LogP contribution in [0.1, 0.15) is 23.2 Å². The van der Waals surface area contributed by atoms with Gasteiger partial charge in [-0.25, -0.2) is 4.39 Å². The van der Waals surface area contributed by atoms with Crippen LogP contribution in [0.3, 0.4) is 0 Å². The minimum Gasteiger partial charge on any atom is -0.366 e. The van der Waals surface area contributed by atoms with E-state index in [4.69, 9.17) is 12.2 Å². The fraction of sp³-hybridized carbons (Fsp3) is 0.500. The molecular weight excluding hydrogens is 301 g/mol. The van der Waals surface area contributed by atoms with Gasteiger partial charge in [-0.05, 0) is 49.4 Å². The number of carbonyl (C=O) groups is 1. The lowest BCUT2D eigenvalue weighted by molar-refractivity contribution is 0.0970. The molecule has 22 heavy (non-hydrogen) atoms. The molecule has 4 nitrogen and oxygen atoms in total. The lowest BCUT2D eigenvalue weighted by Crippen LogP contribution is -2.51. The van der Waals surface area contributed by atoms with Crippen molar-refractivity contribution >= 4 is 23.1 Å². The molecule has 0 aliphatic carbocycles. The summed E-state index contributed by atoms with van der Waals surface area (Å²) in [5, 5.41) is 3.79. The summed E-state index contributed by atoms with van der Waals surface area (Å²) in [4.78, 5) is 16.5. The van der Waals surface area contributed by atoms with Crippen LogP contribution in [-0.4, -0.2) is 60.5 Å². The number of halogens is 1. The Hall–Kier alpha value is -1.53. The van der Waals surface area contributed by atoms with Crippen molar-refractivity contribution in [2.75, 3.05) is 39.8 Å². The minimum atomic E-state index is -0.311. The Morgan fingerprint density at radius 3 is 2.45 bits per heavy atom. The zero-order valence-electron chi connectivity index (χ0n) is 12.8. The van der Waals surface area contributed by atoms with Crippen LogP contribution in [0.25, 0.3) is 0 Å². The molecule has 0 bridgehead atoms. The molecule has 120 valence electrons. The Morgan fingerprint density at radius 2 is 1.86 bits per heavy atom. The van der Waals surface area contributed by atoms with Gasteiger partial charge >= 0.3 is 0 Å². The maximum atomic E-state index is 12.8. The van der Waals surface area contributed by atoms with E-state index >= 15 is 0 Å². The van der Waals surface area contributed by atoms with Crippen LogP contribution >= 0.6 is 12.2 Å². The number of nitrogens with one attached hydrogen (secondary N) is 1. The monoisotopic (exact) mass is 323 g/mol. The van der Waals surface area contributed by atoms with Gasteiger partial charge in [-0.1, -0.05) is 0 Å². The summed E-state index contributed by atoms with van der Waals surface area (Å²) >= 11 is 5.22. The van der Waals surface area contributed by atoms with Crippen LogP contribution in [0.2, 0.25) is 0 Å². The number of piperazine rings is 1. The zero-order chi connectivity index (χ0) is 15.9. The van der Waals surface area contributed by atoms with Crippen LogP contribution in [-0.2, 0) is 0 Å². The minimum absolute atomic E-state index is 0.0787. The summed E-state index contributed by atoms with van der Waals surface area (Å²) in [6.07, 6.45) is 1.33. The van der Waals surface area contributed by atoms with Gasteiger partial charge in [0.15, 0.2) is 10.9 Å². The second-order valence-electron chi connectivity index (χ2n) is 5.42. The lowest BCUT2D eigenvalue weighted by Gasteiger charge is -2.35. The quantitative estimate of drug-likeness (QED) is 0.662. The largest absolute Gasteiger partial charge is 0.366 e. The predicted molar refractivity (Wildman–Crippen MR) is 89.6 cm³/mol. The Kier molecular flexibility index (Phi) is 6.27. The molecule has 2 rings (SSSR count). The molecular formula is C16H22FN3OS. The standard InChI is InChI=1S/C16H22FN3OS/c1-18-16(22)20-11-9-19(10-12-20)8-2-3-15(21)13-4-6-14(17)7-5-13/h4-7H,2-3,8-12H2,1H3,(H,18,22). The average Bonchev–Trinajstić information content (AvgIpc) is 2.55. The van der Waals surface area contributed by atoms with Gasteiger partial charge in [-0.15, -0.1) is 0 Å². The molecule has 1 aromatic carbocycles. The SMILES string of the molecule is CNC(=S)N1CCN(CCCC(=O)c2ccc(F)cc2)CC1. The number of ketones is 1. The van der Waals surface area contributed by atoms with Gasteiger partial charge in [0.25, 0.3) is 0 Å². The first-order valence-corrected chi connectivity index (χ1v) is 7.99. The fourth-order valence-electron chi connectivity index (χ4n) is 2.58. The van der Waals surface area contributed by atoms with Crippen molar-refractivity contribution < 1.29 is 9.18 Å². The van der Waals surface area contributed by atoms with Crippen molar-refractivity contribution in [3.8, 4) is 0 Å². The van der Waals surface area contributed by atoms with Gasteiger partial charge < -0.3 is 10.2 Å². The van der Waals surface area contributed by atoms with Gasteiger partial charge in [0, 0.05) is 45.2 Å². The second-order valence-corrected chi connectivity index (χ2v) is 5.80. The van der Waals surface area contributed by atoms with Crippen LogP contribution in [0.5, 0.6) is 0 Å². The maximum Gasteiger partial charge on any atom is 0.168 e. The third-order valence-electron chi connectivity index (χ3n) is 3.92. The number of hydrogen-bond donors (Lipinski definition) is 1. The number of hydrogen-bond acceptors (Lipinski definition) is 3. The summed E-state index contributed by atoms with van der Waals surface area (Å²) in [5.41, 5.74) is 0.589. The molecule has 0 atom stereocenters. The van der Waals surface area contributed by atoms with Crippen molar-refractivity contribution in [2.45, 2.75) is 12.8 Å². The molecule has 1 aromatic rings. The second kappa shape index (κ2) is 8.19. The van der Waals surface area contributed by atoms with E-state index in [2.05, 4.69) is 15.1 Å². The van der Waals surface area contributed by atoms with E-state index in [1.807, 2.05) is 7.05 Å². The number of carbonyl (C=O) groups excluding carboxylic acids is 1.